The van der Waals surface area contributed by atoms with Crippen LogP contribution in [0.2, 0.25) is 5.15 Å². The van der Waals surface area contributed by atoms with Crippen molar-refractivity contribution >= 4 is 11.6 Å². The van der Waals surface area contributed by atoms with E-state index < -0.39 is 0 Å². The Morgan fingerprint density at radius 2 is 1.70 bits per heavy atom. The van der Waals surface area contributed by atoms with Crippen molar-refractivity contribution < 1.29 is 0 Å². The number of aromatic nitrogens is 3. The Balaban J connectivity index is 2.69. The van der Waals surface area contributed by atoms with E-state index in [2.05, 4.69) is 52.6 Å². The van der Waals surface area contributed by atoms with Gasteiger partial charge < -0.3 is 0 Å². The summed E-state index contributed by atoms with van der Waals surface area (Å²) in [5, 5.41) is 5.24. The molecule has 0 aliphatic carbocycles. The molecule has 0 aromatic carbocycles. The Hall–Kier alpha value is -1.35. The molecule has 4 heteroatoms. The molecule has 0 spiro atoms. The monoisotopic (exact) mass is 291 g/mol. The van der Waals surface area contributed by atoms with Gasteiger partial charge in [0.05, 0.1) is 11.4 Å². The minimum Gasteiger partial charge on any atom is -0.242 e. The van der Waals surface area contributed by atoms with Crippen LogP contribution in [-0.4, -0.2) is 14.8 Å². The molecule has 0 unspecified atom stereocenters. The van der Waals surface area contributed by atoms with Gasteiger partial charge in [-0.25, -0.2) is 9.67 Å². The number of pyridine rings is 1. The van der Waals surface area contributed by atoms with Gasteiger partial charge in [0.15, 0.2) is 5.15 Å². The molecule has 0 N–H and O–H groups in total. The molecule has 0 saturated carbocycles. The van der Waals surface area contributed by atoms with E-state index >= 15 is 0 Å². The highest BCUT2D eigenvalue weighted by atomic mass is 35.5. The van der Waals surface area contributed by atoms with E-state index in [1.165, 1.54) is 0 Å². The number of hydrogen-bond acceptors (Lipinski definition) is 2. The van der Waals surface area contributed by atoms with Crippen LogP contribution in [0.25, 0.3) is 5.69 Å². The molecule has 0 fully saturated rings. The van der Waals surface area contributed by atoms with Crippen LogP contribution >= 0.6 is 11.6 Å². The van der Waals surface area contributed by atoms with Crippen molar-refractivity contribution in [2.75, 3.05) is 0 Å². The van der Waals surface area contributed by atoms with Crippen LogP contribution in [0.3, 0.4) is 0 Å². The fourth-order valence-electron chi connectivity index (χ4n) is 2.00. The predicted molar refractivity (Wildman–Crippen MR) is 83.8 cm³/mol. The van der Waals surface area contributed by atoms with Crippen LogP contribution < -0.4 is 0 Å². The standard InChI is InChI=1S/C16H22ClN3/c1-15(2,3)12-10-13(16(4,5)6)20(19-12)11-8-7-9-18-14(11)17/h7-10H,1-6H3. The molecule has 2 heterocycles. The van der Waals surface area contributed by atoms with Crippen molar-refractivity contribution in [2.24, 2.45) is 0 Å². The van der Waals surface area contributed by atoms with E-state index in [4.69, 9.17) is 16.7 Å². The van der Waals surface area contributed by atoms with Crippen LogP contribution in [0.5, 0.6) is 0 Å². The molecule has 0 radical (unpaired) electrons. The fourth-order valence-corrected chi connectivity index (χ4v) is 2.20. The van der Waals surface area contributed by atoms with Crippen molar-refractivity contribution in [1.29, 1.82) is 0 Å². The molecule has 0 amide bonds. The molecule has 3 nitrogen and oxygen atoms in total. The number of nitrogens with zero attached hydrogens (tertiary/aromatic N) is 3. The Labute approximate surface area is 126 Å². The van der Waals surface area contributed by atoms with Gasteiger partial charge in [-0.3, -0.25) is 0 Å². The highest BCUT2D eigenvalue weighted by Crippen LogP contribution is 2.31. The molecule has 2 aromatic rings. The van der Waals surface area contributed by atoms with Gasteiger partial charge in [0.2, 0.25) is 0 Å². The average molecular weight is 292 g/mol. The number of hydrogen-bond donors (Lipinski definition) is 0. The maximum atomic E-state index is 6.23. The van der Waals surface area contributed by atoms with Crippen molar-refractivity contribution in [2.45, 2.75) is 52.4 Å². The Morgan fingerprint density at radius 3 is 2.20 bits per heavy atom. The van der Waals surface area contributed by atoms with Crippen molar-refractivity contribution in [3.63, 3.8) is 0 Å². The zero-order valence-electron chi connectivity index (χ0n) is 13.0. The Morgan fingerprint density at radius 1 is 1.05 bits per heavy atom. The van der Waals surface area contributed by atoms with Gasteiger partial charge in [0.1, 0.15) is 5.69 Å². The highest BCUT2D eigenvalue weighted by Gasteiger charge is 2.27. The van der Waals surface area contributed by atoms with Crippen LogP contribution in [0.15, 0.2) is 24.4 Å². The van der Waals surface area contributed by atoms with Crippen molar-refractivity contribution in [3.05, 3.63) is 40.9 Å². The first-order valence-corrected chi connectivity index (χ1v) is 7.20. The minimum atomic E-state index is -0.0182. The molecule has 108 valence electrons. The maximum Gasteiger partial charge on any atom is 0.154 e. The molecular weight excluding hydrogens is 270 g/mol. The lowest BCUT2D eigenvalue weighted by molar-refractivity contribution is 0.537. The summed E-state index contributed by atoms with van der Waals surface area (Å²) in [5.74, 6) is 0. The predicted octanol–water partition coefficient (Wildman–Crippen LogP) is 4.52. The Kier molecular flexibility index (Phi) is 3.67. The summed E-state index contributed by atoms with van der Waals surface area (Å²) in [7, 11) is 0. The van der Waals surface area contributed by atoms with E-state index in [-0.39, 0.29) is 10.8 Å². The molecule has 0 saturated heterocycles. The highest BCUT2D eigenvalue weighted by molar-refractivity contribution is 6.31. The quantitative estimate of drug-likeness (QED) is 0.724. The largest absolute Gasteiger partial charge is 0.242 e. The van der Waals surface area contributed by atoms with Crippen molar-refractivity contribution in [3.8, 4) is 5.69 Å². The average Bonchev–Trinajstić information content (AvgIpc) is 2.73. The first-order chi connectivity index (χ1) is 9.10. The fraction of sp³-hybridized carbons (Fsp3) is 0.500. The summed E-state index contributed by atoms with van der Waals surface area (Å²) in [6.45, 7) is 13.0. The summed E-state index contributed by atoms with van der Waals surface area (Å²) in [4.78, 5) is 4.15. The van der Waals surface area contributed by atoms with Gasteiger partial charge in [-0.2, -0.15) is 5.10 Å². The van der Waals surface area contributed by atoms with Crippen LogP contribution in [0.4, 0.5) is 0 Å². The lowest BCUT2D eigenvalue weighted by Gasteiger charge is -2.20. The minimum absolute atomic E-state index is 0.0000644. The first kappa shape index (κ1) is 15.0. The zero-order chi connectivity index (χ0) is 15.1. The van der Waals surface area contributed by atoms with E-state index in [1.807, 2.05) is 16.8 Å². The van der Waals surface area contributed by atoms with Gasteiger partial charge in [-0.05, 0) is 18.2 Å². The Bertz CT molecular complexity index is 615. The topological polar surface area (TPSA) is 30.7 Å². The zero-order valence-corrected chi connectivity index (χ0v) is 13.8. The second-order valence-electron chi connectivity index (χ2n) is 7.14. The van der Waals surface area contributed by atoms with Gasteiger partial charge in [-0.1, -0.05) is 53.1 Å². The summed E-state index contributed by atoms with van der Waals surface area (Å²) in [5.41, 5.74) is 3.00. The smallest absolute Gasteiger partial charge is 0.154 e. The molecule has 20 heavy (non-hydrogen) atoms. The van der Waals surface area contributed by atoms with Gasteiger partial charge >= 0.3 is 0 Å². The second kappa shape index (κ2) is 4.88. The second-order valence-corrected chi connectivity index (χ2v) is 7.50. The SMILES string of the molecule is CC(C)(C)c1cc(C(C)(C)C)n(-c2cccnc2Cl)n1. The van der Waals surface area contributed by atoms with Gasteiger partial charge in [0, 0.05) is 17.0 Å². The third kappa shape index (κ3) is 2.88. The summed E-state index contributed by atoms with van der Waals surface area (Å²) >= 11 is 6.23. The third-order valence-corrected chi connectivity index (χ3v) is 3.51. The van der Waals surface area contributed by atoms with Gasteiger partial charge in [-0.15, -0.1) is 0 Å². The van der Waals surface area contributed by atoms with Crippen LogP contribution in [0.1, 0.15) is 52.9 Å². The summed E-state index contributed by atoms with van der Waals surface area (Å²) in [6, 6.07) is 6.00. The summed E-state index contributed by atoms with van der Waals surface area (Å²) < 4.78 is 1.93. The molecule has 0 aliphatic heterocycles. The first-order valence-electron chi connectivity index (χ1n) is 6.82. The lowest BCUT2D eigenvalue weighted by Crippen LogP contribution is -2.17. The lowest BCUT2D eigenvalue weighted by atomic mass is 9.88. The number of halogens is 1. The van der Waals surface area contributed by atoms with Crippen LogP contribution in [0, 0.1) is 0 Å². The van der Waals surface area contributed by atoms with E-state index in [0.717, 1.165) is 17.1 Å². The molecule has 2 rings (SSSR count). The summed E-state index contributed by atoms with van der Waals surface area (Å²) in [6.07, 6.45) is 1.69. The van der Waals surface area contributed by atoms with Crippen LogP contribution in [-0.2, 0) is 10.8 Å². The number of rotatable bonds is 1. The molecule has 0 bridgehead atoms. The maximum absolute atomic E-state index is 6.23. The van der Waals surface area contributed by atoms with Crippen molar-refractivity contribution in [1.82, 2.24) is 14.8 Å². The van der Waals surface area contributed by atoms with Gasteiger partial charge in [0.25, 0.3) is 0 Å². The van der Waals surface area contributed by atoms with E-state index in [0.29, 0.717) is 5.15 Å². The normalized spacial score (nSPS) is 12.8. The van der Waals surface area contributed by atoms with E-state index in [1.54, 1.807) is 6.20 Å². The molecule has 2 aromatic heterocycles. The molecule has 0 aliphatic rings. The molecular formula is C16H22ClN3. The molecule has 0 atom stereocenters. The van der Waals surface area contributed by atoms with E-state index in [9.17, 15) is 0 Å². The third-order valence-electron chi connectivity index (χ3n) is 3.21.